The molecule has 1 rings (SSSR count). The highest BCUT2D eigenvalue weighted by atomic mass is 32.2. The maximum Gasteiger partial charge on any atom is 0.172 e. The Hall–Kier alpha value is -0.830. The van der Waals surface area contributed by atoms with Crippen LogP contribution in [0, 0.1) is 12.7 Å². The van der Waals surface area contributed by atoms with Gasteiger partial charge in [0.15, 0.2) is 5.78 Å². The van der Waals surface area contributed by atoms with Crippen molar-refractivity contribution in [2.24, 2.45) is 0 Å². The molecule has 0 amide bonds. The van der Waals surface area contributed by atoms with Crippen LogP contribution in [-0.4, -0.2) is 17.3 Å². The third-order valence-electron chi connectivity index (χ3n) is 1.95. The van der Waals surface area contributed by atoms with Crippen LogP contribution in [0.15, 0.2) is 18.2 Å². The fourth-order valence-electron chi connectivity index (χ4n) is 1.29. The van der Waals surface area contributed by atoms with Crippen LogP contribution < -0.4 is 0 Å². The van der Waals surface area contributed by atoms with Gasteiger partial charge in [-0.25, -0.2) is 4.39 Å². The zero-order chi connectivity index (χ0) is 11.3. The molecule has 0 saturated carbocycles. The molecule has 82 valence electrons. The highest BCUT2D eigenvalue weighted by Crippen LogP contribution is 2.12. The molecule has 0 aliphatic carbocycles. The SMILES string of the molecule is CCCSCC(=O)c1cc(C)cc(F)c1. The van der Waals surface area contributed by atoms with Crippen molar-refractivity contribution < 1.29 is 9.18 Å². The number of Topliss-reactive ketones (excluding diaryl/α,β-unsaturated/α-hetero) is 1. The molecule has 3 heteroatoms. The molecule has 0 aliphatic rings. The predicted molar refractivity (Wildman–Crippen MR) is 63.1 cm³/mol. The van der Waals surface area contributed by atoms with Crippen molar-refractivity contribution in [2.75, 3.05) is 11.5 Å². The maximum absolute atomic E-state index is 13.0. The highest BCUT2D eigenvalue weighted by molar-refractivity contribution is 7.99. The summed E-state index contributed by atoms with van der Waals surface area (Å²) >= 11 is 1.60. The summed E-state index contributed by atoms with van der Waals surface area (Å²) < 4.78 is 13.0. The molecule has 15 heavy (non-hydrogen) atoms. The molecule has 0 radical (unpaired) electrons. The number of hydrogen-bond donors (Lipinski definition) is 0. The van der Waals surface area contributed by atoms with Crippen LogP contribution in [-0.2, 0) is 0 Å². The van der Waals surface area contributed by atoms with Crippen molar-refractivity contribution in [3.05, 3.63) is 35.1 Å². The summed E-state index contributed by atoms with van der Waals surface area (Å²) in [5.74, 6) is 1.09. The van der Waals surface area contributed by atoms with Crippen molar-refractivity contribution in [3.63, 3.8) is 0 Å². The third-order valence-corrected chi connectivity index (χ3v) is 3.11. The third kappa shape index (κ3) is 4.04. The second kappa shape index (κ2) is 5.91. The average Bonchev–Trinajstić information content (AvgIpc) is 2.16. The van der Waals surface area contributed by atoms with E-state index in [1.807, 2.05) is 0 Å². The molecule has 0 unspecified atom stereocenters. The number of aryl methyl sites for hydroxylation is 1. The second-order valence-electron chi connectivity index (χ2n) is 3.49. The van der Waals surface area contributed by atoms with Crippen LogP contribution >= 0.6 is 11.8 Å². The minimum Gasteiger partial charge on any atom is -0.293 e. The molecule has 1 nitrogen and oxygen atoms in total. The number of hydrogen-bond acceptors (Lipinski definition) is 2. The number of benzene rings is 1. The van der Waals surface area contributed by atoms with Crippen LogP contribution in [0.4, 0.5) is 4.39 Å². The molecule has 0 bridgehead atoms. The van der Waals surface area contributed by atoms with Crippen molar-refractivity contribution in [1.82, 2.24) is 0 Å². The molecule has 0 N–H and O–H groups in total. The van der Waals surface area contributed by atoms with Gasteiger partial charge in [-0.3, -0.25) is 4.79 Å². The van der Waals surface area contributed by atoms with Gasteiger partial charge in [0, 0.05) is 5.56 Å². The number of thioether (sulfide) groups is 1. The largest absolute Gasteiger partial charge is 0.293 e. The molecule has 1 aromatic rings. The number of rotatable bonds is 5. The first-order valence-corrected chi connectivity index (χ1v) is 6.17. The molecular weight excluding hydrogens is 211 g/mol. The van der Waals surface area contributed by atoms with Crippen molar-refractivity contribution >= 4 is 17.5 Å². The number of carbonyl (C=O) groups excluding carboxylic acids is 1. The van der Waals surface area contributed by atoms with Crippen LogP contribution in [0.1, 0.15) is 29.3 Å². The van der Waals surface area contributed by atoms with E-state index in [-0.39, 0.29) is 11.6 Å². The Morgan fingerprint density at radius 1 is 1.40 bits per heavy atom. The molecule has 0 fully saturated rings. The molecule has 0 atom stereocenters. The lowest BCUT2D eigenvalue weighted by molar-refractivity contribution is 0.102. The van der Waals surface area contributed by atoms with Crippen LogP contribution in [0.25, 0.3) is 0 Å². The van der Waals surface area contributed by atoms with E-state index in [0.29, 0.717) is 11.3 Å². The number of halogens is 1. The summed E-state index contributed by atoms with van der Waals surface area (Å²) in [5.41, 5.74) is 1.27. The van der Waals surface area contributed by atoms with Gasteiger partial charge in [-0.1, -0.05) is 6.92 Å². The maximum atomic E-state index is 13.0. The summed E-state index contributed by atoms with van der Waals surface area (Å²) in [6.45, 7) is 3.86. The molecule has 0 saturated heterocycles. The Kier molecular flexibility index (Phi) is 4.82. The Morgan fingerprint density at radius 3 is 2.73 bits per heavy atom. The van der Waals surface area contributed by atoms with E-state index in [1.165, 1.54) is 12.1 Å². The molecule has 1 aromatic carbocycles. The smallest absolute Gasteiger partial charge is 0.172 e. The summed E-state index contributed by atoms with van der Waals surface area (Å²) in [6, 6.07) is 4.47. The lowest BCUT2D eigenvalue weighted by Crippen LogP contribution is -2.04. The normalized spacial score (nSPS) is 10.3. The minimum absolute atomic E-state index is 0.0102. The summed E-state index contributed by atoms with van der Waals surface area (Å²) in [4.78, 5) is 11.6. The van der Waals surface area contributed by atoms with Gasteiger partial charge in [-0.2, -0.15) is 11.8 Å². The van der Waals surface area contributed by atoms with Crippen LogP contribution in [0.5, 0.6) is 0 Å². The van der Waals surface area contributed by atoms with Gasteiger partial charge in [0.25, 0.3) is 0 Å². The van der Waals surface area contributed by atoms with E-state index in [9.17, 15) is 9.18 Å². The van der Waals surface area contributed by atoms with Gasteiger partial charge in [-0.15, -0.1) is 0 Å². The van der Waals surface area contributed by atoms with E-state index in [1.54, 1.807) is 24.8 Å². The van der Waals surface area contributed by atoms with Gasteiger partial charge in [0.05, 0.1) is 5.75 Å². The van der Waals surface area contributed by atoms with E-state index >= 15 is 0 Å². The first kappa shape index (κ1) is 12.2. The summed E-state index contributed by atoms with van der Waals surface area (Å²) in [5, 5.41) is 0. The zero-order valence-corrected chi connectivity index (χ0v) is 9.86. The quantitative estimate of drug-likeness (QED) is 0.565. The Morgan fingerprint density at radius 2 is 2.13 bits per heavy atom. The predicted octanol–water partition coefficient (Wildman–Crippen LogP) is 3.46. The average molecular weight is 226 g/mol. The fourth-order valence-corrected chi connectivity index (χ4v) is 2.07. The standard InChI is InChI=1S/C12H15FOS/c1-3-4-15-8-12(14)10-5-9(2)6-11(13)7-10/h5-7H,3-4,8H2,1-2H3. The molecule has 0 heterocycles. The monoisotopic (exact) mass is 226 g/mol. The van der Waals surface area contributed by atoms with E-state index < -0.39 is 0 Å². The van der Waals surface area contributed by atoms with E-state index in [0.717, 1.165) is 17.7 Å². The molecular formula is C12H15FOS. The van der Waals surface area contributed by atoms with Crippen molar-refractivity contribution in [1.29, 1.82) is 0 Å². The first-order valence-electron chi connectivity index (χ1n) is 5.01. The van der Waals surface area contributed by atoms with Crippen LogP contribution in [0.3, 0.4) is 0 Å². The molecule has 0 aromatic heterocycles. The van der Waals surface area contributed by atoms with Gasteiger partial charge >= 0.3 is 0 Å². The van der Waals surface area contributed by atoms with Crippen LogP contribution in [0.2, 0.25) is 0 Å². The number of carbonyl (C=O) groups is 1. The van der Waals surface area contributed by atoms with Crippen molar-refractivity contribution in [3.8, 4) is 0 Å². The van der Waals surface area contributed by atoms with E-state index in [4.69, 9.17) is 0 Å². The highest BCUT2D eigenvalue weighted by Gasteiger charge is 2.07. The van der Waals surface area contributed by atoms with Gasteiger partial charge < -0.3 is 0 Å². The van der Waals surface area contributed by atoms with Gasteiger partial charge in [0.2, 0.25) is 0 Å². The summed E-state index contributed by atoms with van der Waals surface area (Å²) in [7, 11) is 0. The summed E-state index contributed by atoms with van der Waals surface area (Å²) in [6.07, 6.45) is 1.06. The Bertz CT molecular complexity index is 329. The van der Waals surface area contributed by atoms with Crippen molar-refractivity contribution in [2.45, 2.75) is 20.3 Å². The fraction of sp³-hybridized carbons (Fsp3) is 0.417. The van der Waals surface area contributed by atoms with E-state index in [2.05, 4.69) is 6.92 Å². The molecule has 0 aliphatic heterocycles. The second-order valence-corrected chi connectivity index (χ2v) is 4.60. The number of ketones is 1. The molecule has 0 spiro atoms. The Labute approximate surface area is 94.1 Å². The lowest BCUT2D eigenvalue weighted by atomic mass is 10.1. The lowest BCUT2D eigenvalue weighted by Gasteiger charge is -2.02. The topological polar surface area (TPSA) is 17.1 Å². The Balaban J connectivity index is 2.65. The minimum atomic E-state index is -0.334. The van der Waals surface area contributed by atoms with Gasteiger partial charge in [0.1, 0.15) is 5.82 Å². The zero-order valence-electron chi connectivity index (χ0n) is 9.05. The van der Waals surface area contributed by atoms with Gasteiger partial charge in [-0.05, 0) is 42.9 Å². The first-order chi connectivity index (χ1) is 7.13.